The average molecular weight is 857 g/mol. The van der Waals surface area contributed by atoms with Crippen molar-refractivity contribution in [1.29, 1.82) is 0 Å². The van der Waals surface area contributed by atoms with E-state index in [-0.39, 0.29) is 26.9 Å². The largest absolute Gasteiger partial charge is 0.379 e. The van der Waals surface area contributed by atoms with E-state index in [1.165, 1.54) is 47.0 Å². The average Bonchev–Trinajstić information content (AvgIpc) is 3.26. The van der Waals surface area contributed by atoms with Gasteiger partial charge in [-0.1, -0.05) is 55.3 Å². The van der Waals surface area contributed by atoms with Crippen LogP contribution in [0.15, 0.2) is 106 Å². The van der Waals surface area contributed by atoms with Gasteiger partial charge < -0.3 is 19.8 Å². The number of ether oxygens (including phenoxy) is 1. The van der Waals surface area contributed by atoms with E-state index in [2.05, 4.69) is 51.5 Å². The standard InChI is InChI=1S/C45H53ClN6O7S/c1-32-28-36(40(29-33(32)2)34-8-12-37(46)13-9-34)31-50-20-22-51(23-21-50)38-14-10-35(11-15-38)45(53)48-59-43-6-3-4-7-44(43)60(56,57)39-16-17-41(42(30-39)52(54)55)47-18-5-19-49-24-26-58-27-25-49/h3-4,6-17,30,32-33,47H,5,18-29,31H2,1-2H3,(H,48,53). The summed E-state index contributed by atoms with van der Waals surface area (Å²) >= 11 is 6.20. The van der Waals surface area contributed by atoms with Crippen LogP contribution in [-0.2, 0) is 14.6 Å². The molecule has 318 valence electrons. The van der Waals surface area contributed by atoms with Crippen molar-refractivity contribution in [2.24, 2.45) is 11.8 Å². The second kappa shape index (κ2) is 19.6. The summed E-state index contributed by atoms with van der Waals surface area (Å²) in [6, 6.07) is 25.1. The van der Waals surface area contributed by atoms with Gasteiger partial charge in [0.25, 0.3) is 11.6 Å². The number of sulfone groups is 1. The number of amides is 1. The number of halogens is 1. The van der Waals surface area contributed by atoms with Gasteiger partial charge in [0.15, 0.2) is 5.75 Å². The van der Waals surface area contributed by atoms with Crippen molar-refractivity contribution in [3.63, 3.8) is 0 Å². The molecule has 0 bridgehead atoms. The molecule has 2 unspecified atom stereocenters. The van der Waals surface area contributed by atoms with Gasteiger partial charge in [0.1, 0.15) is 10.6 Å². The smallest absolute Gasteiger partial charge is 0.293 e. The summed E-state index contributed by atoms with van der Waals surface area (Å²) in [6.07, 6.45) is 2.92. The highest BCUT2D eigenvalue weighted by molar-refractivity contribution is 7.91. The third kappa shape index (κ3) is 10.5. The number of nitrogens with zero attached hydrogens (tertiary/aromatic N) is 4. The van der Waals surface area contributed by atoms with E-state index in [1.807, 2.05) is 24.3 Å². The zero-order chi connectivity index (χ0) is 42.2. The van der Waals surface area contributed by atoms with Crippen LogP contribution in [0, 0.1) is 22.0 Å². The molecular weight excluding hydrogens is 804 g/mol. The lowest BCUT2D eigenvalue weighted by molar-refractivity contribution is -0.384. The van der Waals surface area contributed by atoms with Gasteiger partial charge >= 0.3 is 0 Å². The van der Waals surface area contributed by atoms with E-state index < -0.39 is 20.7 Å². The molecule has 2 saturated heterocycles. The zero-order valence-corrected chi connectivity index (χ0v) is 35.7. The van der Waals surface area contributed by atoms with E-state index in [4.69, 9.17) is 21.2 Å². The molecule has 2 aliphatic heterocycles. The Morgan fingerprint density at radius 3 is 2.30 bits per heavy atom. The summed E-state index contributed by atoms with van der Waals surface area (Å²) in [5.74, 6) is 0.589. The number of piperazine rings is 1. The molecule has 2 heterocycles. The number of para-hydroxylation sites is 1. The van der Waals surface area contributed by atoms with Crippen LogP contribution in [0.5, 0.6) is 5.75 Å². The maximum atomic E-state index is 13.8. The number of carbonyl (C=O) groups excluding carboxylic acids is 1. The maximum absolute atomic E-state index is 13.8. The first-order valence-corrected chi connectivity index (χ1v) is 22.5. The fraction of sp³-hybridized carbons (Fsp3) is 0.400. The number of hydroxylamine groups is 1. The number of hydrogen-bond acceptors (Lipinski definition) is 11. The summed E-state index contributed by atoms with van der Waals surface area (Å²) in [7, 11) is -4.29. The molecule has 3 aliphatic rings. The molecule has 13 nitrogen and oxygen atoms in total. The number of hydrogen-bond donors (Lipinski definition) is 2. The lowest BCUT2D eigenvalue weighted by Gasteiger charge is -2.39. The van der Waals surface area contributed by atoms with Crippen molar-refractivity contribution in [2.45, 2.75) is 42.9 Å². The first-order chi connectivity index (χ1) is 29.0. The quantitative estimate of drug-likeness (QED) is 0.0693. The Morgan fingerprint density at radius 1 is 0.883 bits per heavy atom. The maximum Gasteiger partial charge on any atom is 0.293 e. The summed E-state index contributed by atoms with van der Waals surface area (Å²) in [5.41, 5.74) is 7.83. The van der Waals surface area contributed by atoms with E-state index in [0.717, 1.165) is 88.4 Å². The third-order valence-electron chi connectivity index (χ3n) is 11.9. The van der Waals surface area contributed by atoms with Crippen LogP contribution in [0.3, 0.4) is 0 Å². The van der Waals surface area contributed by atoms with Crippen LogP contribution in [-0.4, -0.2) is 101 Å². The summed E-state index contributed by atoms with van der Waals surface area (Å²) in [6.45, 7) is 13.6. The Kier molecular flexibility index (Phi) is 14.1. The molecule has 15 heteroatoms. The van der Waals surface area contributed by atoms with E-state index >= 15 is 0 Å². The van der Waals surface area contributed by atoms with Gasteiger partial charge in [-0.15, -0.1) is 0 Å². The van der Waals surface area contributed by atoms with Gasteiger partial charge in [0.05, 0.1) is 23.0 Å². The Labute approximate surface area is 357 Å². The summed E-state index contributed by atoms with van der Waals surface area (Å²) < 4.78 is 33.1. The molecule has 0 saturated carbocycles. The summed E-state index contributed by atoms with van der Waals surface area (Å²) in [4.78, 5) is 36.8. The predicted molar refractivity (Wildman–Crippen MR) is 234 cm³/mol. The number of carbonyl (C=O) groups is 1. The van der Waals surface area contributed by atoms with Gasteiger partial charge in [-0.3, -0.25) is 24.7 Å². The number of benzene rings is 4. The normalized spacial score (nSPS) is 19.2. The number of nitro benzene ring substituents is 1. The van der Waals surface area contributed by atoms with Crippen LogP contribution in [0.1, 0.15) is 49.0 Å². The van der Waals surface area contributed by atoms with Crippen molar-refractivity contribution >= 4 is 50.0 Å². The van der Waals surface area contributed by atoms with Gasteiger partial charge in [-0.25, -0.2) is 8.42 Å². The highest BCUT2D eigenvalue weighted by atomic mass is 35.5. The Hall–Kier alpha value is -4.99. The van der Waals surface area contributed by atoms with E-state index in [0.29, 0.717) is 37.2 Å². The molecule has 2 fully saturated rings. The fourth-order valence-electron chi connectivity index (χ4n) is 8.14. The molecule has 7 rings (SSSR count). The van der Waals surface area contributed by atoms with Crippen molar-refractivity contribution in [3.8, 4) is 5.75 Å². The Balaban J connectivity index is 0.938. The van der Waals surface area contributed by atoms with Gasteiger partial charge in [-0.2, -0.15) is 5.48 Å². The first-order valence-electron chi connectivity index (χ1n) is 20.6. The van der Waals surface area contributed by atoms with Gasteiger partial charge in [0.2, 0.25) is 9.84 Å². The molecule has 1 aliphatic carbocycles. The first kappa shape index (κ1) is 43.1. The highest BCUT2D eigenvalue weighted by Crippen LogP contribution is 2.40. The minimum atomic E-state index is -4.29. The van der Waals surface area contributed by atoms with Crippen LogP contribution < -0.4 is 20.5 Å². The number of nitro groups is 1. The minimum Gasteiger partial charge on any atom is -0.379 e. The monoisotopic (exact) mass is 856 g/mol. The van der Waals surface area contributed by atoms with Gasteiger partial charge in [0, 0.05) is 74.7 Å². The number of nitrogens with one attached hydrogen (secondary N) is 2. The highest BCUT2D eigenvalue weighted by Gasteiger charge is 2.29. The molecule has 0 aromatic heterocycles. The number of rotatable bonds is 15. The van der Waals surface area contributed by atoms with Crippen molar-refractivity contribution in [1.82, 2.24) is 15.3 Å². The number of anilines is 2. The van der Waals surface area contributed by atoms with Crippen molar-refractivity contribution < 1.29 is 27.7 Å². The van der Waals surface area contributed by atoms with Crippen LogP contribution in [0.4, 0.5) is 17.1 Å². The minimum absolute atomic E-state index is 0.124. The molecule has 2 N–H and O–H groups in total. The molecule has 4 aromatic carbocycles. The molecule has 2 atom stereocenters. The second-order valence-corrected chi connectivity index (χ2v) is 18.3. The molecule has 60 heavy (non-hydrogen) atoms. The lowest BCUT2D eigenvalue weighted by atomic mass is 9.75. The number of morpholine rings is 1. The molecule has 4 aromatic rings. The van der Waals surface area contributed by atoms with E-state index in [1.54, 1.807) is 18.2 Å². The lowest BCUT2D eigenvalue weighted by Crippen LogP contribution is -2.47. The molecular formula is C45H53ClN6O7S. The number of allylic oxidation sites excluding steroid dienone is 1. The van der Waals surface area contributed by atoms with Crippen LogP contribution >= 0.6 is 11.6 Å². The topological polar surface area (TPSA) is 147 Å². The molecule has 0 radical (unpaired) electrons. The fourth-order valence-corrected chi connectivity index (χ4v) is 9.67. The SMILES string of the molecule is CC1CC(CN2CCN(c3ccc(C(=O)NOc4ccccc4S(=O)(=O)c4ccc(NCCCN5CCOCC5)c([N+](=O)[O-])c4)cc3)CC2)=C(c2ccc(Cl)cc2)CC1C. The van der Waals surface area contributed by atoms with Gasteiger partial charge in [-0.05, 0) is 109 Å². The Bertz CT molecular complexity index is 2280. The molecule has 1 amide bonds. The second-order valence-electron chi connectivity index (χ2n) is 15.9. The third-order valence-corrected chi connectivity index (χ3v) is 13.9. The van der Waals surface area contributed by atoms with Crippen LogP contribution in [0.2, 0.25) is 5.02 Å². The predicted octanol–water partition coefficient (Wildman–Crippen LogP) is 7.58. The van der Waals surface area contributed by atoms with Crippen molar-refractivity contribution in [2.75, 3.05) is 82.3 Å². The van der Waals surface area contributed by atoms with Crippen molar-refractivity contribution in [3.05, 3.63) is 123 Å². The zero-order valence-electron chi connectivity index (χ0n) is 34.1. The van der Waals surface area contributed by atoms with Crippen LogP contribution in [0.25, 0.3) is 5.57 Å². The van der Waals surface area contributed by atoms with E-state index in [9.17, 15) is 23.3 Å². The summed E-state index contributed by atoms with van der Waals surface area (Å²) in [5, 5.41) is 15.9. The molecule has 0 spiro atoms. The Morgan fingerprint density at radius 2 is 1.58 bits per heavy atom.